The van der Waals surface area contributed by atoms with Gasteiger partial charge in [-0.3, -0.25) is 9.36 Å². The molecule has 0 spiro atoms. The Hall–Kier alpha value is -0.510. The van der Waals surface area contributed by atoms with Crippen LogP contribution in [0, 0.1) is 0 Å². The van der Waals surface area contributed by atoms with Crippen molar-refractivity contribution in [2.24, 2.45) is 5.73 Å². The molecule has 2 atom stereocenters. The van der Waals surface area contributed by atoms with E-state index >= 15 is 0 Å². The number of hydrogen-bond donors (Lipinski definition) is 3. The first kappa shape index (κ1) is 8.49. The van der Waals surface area contributed by atoms with Crippen molar-refractivity contribution in [1.29, 1.82) is 0 Å². The fraction of sp³-hybridized carbons (Fsp3) is 0.667. The molecule has 0 aliphatic heterocycles. The molecule has 0 aliphatic carbocycles. The topological polar surface area (TPSA) is 101 Å². The van der Waals surface area contributed by atoms with Crippen LogP contribution in [-0.2, 0) is 9.36 Å². The Labute approximate surface area is 52.7 Å². The maximum absolute atomic E-state index is 9.87. The van der Waals surface area contributed by atoms with E-state index < -0.39 is 26.3 Å². The van der Waals surface area contributed by atoms with E-state index in [-0.39, 0.29) is 0 Å². The highest BCUT2D eigenvalue weighted by atomic mass is 31.1. The molecular weight excluding hydrogens is 145 g/mol. The van der Waals surface area contributed by atoms with Crippen molar-refractivity contribution in [3.05, 3.63) is 0 Å². The second-order valence-corrected chi connectivity index (χ2v) is 2.12. The molecule has 9 heavy (non-hydrogen) atoms. The van der Waals surface area contributed by atoms with E-state index in [0.717, 1.165) is 0 Å². The van der Waals surface area contributed by atoms with Gasteiger partial charge >= 0.3 is 5.97 Å². The van der Waals surface area contributed by atoms with Gasteiger partial charge in [0.25, 0.3) is 0 Å². The third-order valence-electron chi connectivity index (χ3n) is 0.714. The van der Waals surface area contributed by atoms with Gasteiger partial charge in [0.05, 0.1) is 0 Å². The molecule has 0 aromatic carbocycles. The molecule has 0 aliphatic rings. The summed E-state index contributed by atoms with van der Waals surface area (Å²) in [4.78, 5) is 9.87. The van der Waals surface area contributed by atoms with Crippen LogP contribution < -0.4 is 5.73 Å². The quantitative estimate of drug-likeness (QED) is 0.449. The molecule has 0 amide bonds. The van der Waals surface area contributed by atoms with Gasteiger partial charge in [-0.15, -0.1) is 0 Å². The van der Waals surface area contributed by atoms with Gasteiger partial charge in [0.2, 0.25) is 0 Å². The Bertz CT molecular complexity index is 127. The Morgan fingerprint density at radius 3 is 2.22 bits per heavy atom. The number of aliphatic hydroxyl groups excluding tert-OH is 1. The molecule has 0 rings (SSSR count). The third kappa shape index (κ3) is 2.51. The van der Waals surface area contributed by atoms with E-state index in [1.807, 2.05) is 0 Å². The Kier molecular flexibility index (Phi) is 3.30. The summed E-state index contributed by atoms with van der Waals surface area (Å²) in [6, 6.07) is -1.47. The zero-order chi connectivity index (χ0) is 7.44. The summed E-state index contributed by atoms with van der Waals surface area (Å²) in [5, 5.41) is 16.5. The van der Waals surface area contributed by atoms with Gasteiger partial charge in [0, 0.05) is 0 Å². The number of rotatable bonds is 3. The second kappa shape index (κ2) is 3.50. The van der Waals surface area contributed by atoms with Crippen LogP contribution in [0.1, 0.15) is 0 Å². The van der Waals surface area contributed by atoms with Crippen molar-refractivity contribution in [2.45, 2.75) is 11.9 Å². The van der Waals surface area contributed by atoms with Crippen LogP contribution in [0.25, 0.3) is 0 Å². The average Bonchev–Trinajstić information content (AvgIpc) is 1.84. The van der Waals surface area contributed by atoms with Crippen LogP contribution in [0.2, 0.25) is 0 Å². The highest BCUT2D eigenvalue weighted by Gasteiger charge is 2.21. The highest BCUT2D eigenvalue weighted by Crippen LogP contribution is 2.04. The van der Waals surface area contributed by atoms with Crippen molar-refractivity contribution >= 4 is 14.4 Å². The van der Waals surface area contributed by atoms with Crippen molar-refractivity contribution in [2.75, 3.05) is 0 Å². The minimum Gasteiger partial charge on any atom is -0.480 e. The van der Waals surface area contributed by atoms with Crippen molar-refractivity contribution in [1.82, 2.24) is 0 Å². The summed E-state index contributed by atoms with van der Waals surface area (Å²) >= 11 is 0. The molecule has 0 bridgehead atoms. The molecule has 6 heteroatoms. The normalized spacial score (nSPS) is 17.1. The van der Waals surface area contributed by atoms with Gasteiger partial charge in [-0.05, 0) is 0 Å². The Balaban J connectivity index is 3.86. The zero-order valence-electron chi connectivity index (χ0n) is 4.39. The SMILES string of the molecule is NC(C(=O)O)C(O)P=O. The minimum atomic E-state index is -1.51. The highest BCUT2D eigenvalue weighted by molar-refractivity contribution is 7.24. The van der Waals surface area contributed by atoms with Crippen LogP contribution in [0.3, 0.4) is 0 Å². The second-order valence-electron chi connectivity index (χ2n) is 1.38. The lowest BCUT2D eigenvalue weighted by Gasteiger charge is -2.04. The fourth-order valence-electron chi connectivity index (χ4n) is 0.193. The molecule has 0 aromatic heterocycles. The average molecular weight is 151 g/mol. The van der Waals surface area contributed by atoms with Gasteiger partial charge in [-0.2, -0.15) is 0 Å². The summed E-state index contributed by atoms with van der Waals surface area (Å²) in [7, 11) is -0.667. The van der Waals surface area contributed by atoms with Crippen molar-refractivity contribution < 1.29 is 19.6 Å². The van der Waals surface area contributed by atoms with Crippen LogP contribution in [0.5, 0.6) is 0 Å². The van der Waals surface area contributed by atoms with Crippen molar-refractivity contribution in [3.63, 3.8) is 0 Å². The molecule has 52 valence electrons. The van der Waals surface area contributed by atoms with Gasteiger partial charge in [0.1, 0.15) is 6.04 Å². The number of aliphatic hydroxyl groups is 1. The lowest BCUT2D eigenvalue weighted by molar-refractivity contribution is -0.139. The van der Waals surface area contributed by atoms with Crippen LogP contribution in [0.4, 0.5) is 0 Å². The first-order chi connectivity index (χ1) is 4.09. The van der Waals surface area contributed by atoms with E-state index in [2.05, 4.69) is 0 Å². The fourth-order valence-corrected chi connectivity index (χ4v) is 0.452. The van der Waals surface area contributed by atoms with Gasteiger partial charge in [-0.1, -0.05) is 0 Å². The molecule has 0 saturated heterocycles. The zero-order valence-corrected chi connectivity index (χ0v) is 5.28. The predicted octanol–water partition coefficient (Wildman–Crippen LogP) is -0.992. The van der Waals surface area contributed by atoms with Crippen molar-refractivity contribution in [3.8, 4) is 0 Å². The molecule has 4 N–H and O–H groups in total. The van der Waals surface area contributed by atoms with E-state index in [4.69, 9.17) is 15.9 Å². The molecule has 2 unspecified atom stereocenters. The molecule has 0 aromatic rings. The maximum atomic E-state index is 9.87. The monoisotopic (exact) mass is 151 g/mol. The number of carboxylic acid groups (broad SMARTS) is 1. The van der Waals surface area contributed by atoms with Gasteiger partial charge < -0.3 is 15.9 Å². The van der Waals surface area contributed by atoms with E-state index in [0.29, 0.717) is 0 Å². The van der Waals surface area contributed by atoms with E-state index in [1.165, 1.54) is 0 Å². The van der Waals surface area contributed by atoms with Crippen LogP contribution in [-0.4, -0.2) is 28.1 Å². The summed E-state index contributed by atoms with van der Waals surface area (Å²) < 4.78 is 9.75. The summed E-state index contributed by atoms with van der Waals surface area (Å²) in [6.45, 7) is 0. The Morgan fingerprint density at radius 1 is 1.67 bits per heavy atom. The number of aliphatic carboxylic acids is 1. The predicted molar refractivity (Wildman–Crippen MR) is 29.2 cm³/mol. The minimum absolute atomic E-state index is 0.667. The van der Waals surface area contributed by atoms with Crippen LogP contribution in [0.15, 0.2) is 0 Å². The summed E-state index contributed by atoms with van der Waals surface area (Å²) in [5.41, 5.74) is 4.81. The number of hydrogen-bond acceptors (Lipinski definition) is 4. The standard InChI is InChI=1S/C3H6NO4P/c4-1(2(5)6)3(7)9-8/h1,3,7H,4H2,(H,5,6). The molecule has 0 saturated carbocycles. The summed E-state index contributed by atoms with van der Waals surface area (Å²) in [6.07, 6.45) is 0. The largest absolute Gasteiger partial charge is 0.480 e. The molecule has 0 radical (unpaired) electrons. The molecule has 5 nitrogen and oxygen atoms in total. The number of carbonyl (C=O) groups is 1. The molecule has 0 fully saturated rings. The smallest absolute Gasteiger partial charge is 0.324 e. The molecular formula is C3H6NO4P. The van der Waals surface area contributed by atoms with Gasteiger partial charge in [-0.25, -0.2) is 0 Å². The third-order valence-corrected chi connectivity index (χ3v) is 1.25. The van der Waals surface area contributed by atoms with Gasteiger partial charge in [0.15, 0.2) is 14.3 Å². The first-order valence-electron chi connectivity index (χ1n) is 2.08. The number of carboxylic acids is 1. The van der Waals surface area contributed by atoms with Crippen LogP contribution >= 0.6 is 8.46 Å². The molecule has 0 heterocycles. The Morgan fingerprint density at radius 2 is 2.11 bits per heavy atom. The van der Waals surface area contributed by atoms with E-state index in [1.54, 1.807) is 0 Å². The number of nitrogens with two attached hydrogens (primary N) is 1. The lowest BCUT2D eigenvalue weighted by atomic mass is 10.3. The maximum Gasteiger partial charge on any atom is 0.324 e. The van der Waals surface area contributed by atoms with E-state index in [9.17, 15) is 9.36 Å². The summed E-state index contributed by atoms with van der Waals surface area (Å²) in [5.74, 6) is -2.88. The first-order valence-corrected chi connectivity index (χ1v) is 2.96. The lowest BCUT2D eigenvalue weighted by Crippen LogP contribution is -2.38.